The molecule has 2 heteroatoms. The lowest BCUT2D eigenvalue weighted by atomic mass is 9.76. The van der Waals surface area contributed by atoms with E-state index in [1.54, 1.807) is 0 Å². The molecule has 1 aromatic rings. The van der Waals surface area contributed by atoms with Crippen LogP contribution in [-0.2, 0) is 5.41 Å². The van der Waals surface area contributed by atoms with Gasteiger partial charge in [-0.2, -0.15) is 0 Å². The van der Waals surface area contributed by atoms with Crippen LogP contribution in [0.2, 0.25) is 0 Å². The van der Waals surface area contributed by atoms with Crippen LogP contribution in [0.25, 0.3) is 0 Å². The van der Waals surface area contributed by atoms with Crippen molar-refractivity contribution in [2.24, 2.45) is 5.73 Å². The van der Waals surface area contributed by atoms with Gasteiger partial charge in [0, 0.05) is 11.5 Å². The summed E-state index contributed by atoms with van der Waals surface area (Å²) in [5, 5.41) is 0. The SMILES string of the molecule is CCCCCCCCCCCC(N)C(C)(C)c1ccccc1.O. The average Bonchev–Trinajstić information content (AvgIpc) is 2.54. The monoisotopic (exact) mass is 321 g/mol. The zero-order chi connectivity index (χ0) is 16.3. The van der Waals surface area contributed by atoms with E-state index in [2.05, 4.69) is 51.1 Å². The van der Waals surface area contributed by atoms with Crippen LogP contribution < -0.4 is 5.73 Å². The zero-order valence-corrected chi connectivity index (χ0v) is 15.6. The van der Waals surface area contributed by atoms with Crippen LogP contribution >= 0.6 is 0 Å². The minimum atomic E-state index is 0. The Labute approximate surface area is 144 Å². The third-order valence-electron chi connectivity index (χ3n) is 5.06. The highest BCUT2D eigenvalue weighted by atomic mass is 16.0. The van der Waals surface area contributed by atoms with E-state index in [9.17, 15) is 0 Å². The van der Waals surface area contributed by atoms with Crippen molar-refractivity contribution in [2.45, 2.75) is 96.4 Å². The Morgan fingerprint density at radius 1 is 0.826 bits per heavy atom. The molecule has 0 spiro atoms. The summed E-state index contributed by atoms with van der Waals surface area (Å²) in [6.07, 6.45) is 13.5. The Kier molecular flexibility index (Phi) is 12.1. The van der Waals surface area contributed by atoms with Gasteiger partial charge in [0.2, 0.25) is 0 Å². The van der Waals surface area contributed by atoms with E-state index >= 15 is 0 Å². The molecule has 134 valence electrons. The van der Waals surface area contributed by atoms with Gasteiger partial charge in [-0.15, -0.1) is 0 Å². The Balaban J connectivity index is 0.00000484. The van der Waals surface area contributed by atoms with Crippen LogP contribution in [0.1, 0.15) is 90.5 Å². The van der Waals surface area contributed by atoms with Gasteiger partial charge in [-0.05, 0) is 12.0 Å². The van der Waals surface area contributed by atoms with E-state index in [0.717, 1.165) is 6.42 Å². The molecule has 0 saturated heterocycles. The fourth-order valence-electron chi connectivity index (χ4n) is 3.12. The molecule has 0 saturated carbocycles. The molecule has 0 aliphatic heterocycles. The molecule has 0 aromatic heterocycles. The van der Waals surface area contributed by atoms with Gasteiger partial charge in [0.15, 0.2) is 0 Å². The van der Waals surface area contributed by atoms with E-state index in [1.807, 2.05) is 0 Å². The Morgan fingerprint density at radius 2 is 1.30 bits per heavy atom. The second-order valence-corrected chi connectivity index (χ2v) is 7.31. The quantitative estimate of drug-likeness (QED) is 0.516. The Bertz CT molecular complexity index is 375. The van der Waals surface area contributed by atoms with E-state index < -0.39 is 0 Å². The van der Waals surface area contributed by atoms with Gasteiger partial charge >= 0.3 is 0 Å². The van der Waals surface area contributed by atoms with Gasteiger partial charge in [0.1, 0.15) is 0 Å². The smallest absolute Gasteiger partial charge is 0.0131 e. The highest BCUT2D eigenvalue weighted by Crippen LogP contribution is 2.28. The summed E-state index contributed by atoms with van der Waals surface area (Å²) in [6, 6.07) is 11.0. The number of unbranched alkanes of at least 4 members (excludes halogenated alkanes) is 8. The number of hydrogen-bond acceptors (Lipinski definition) is 1. The summed E-state index contributed by atoms with van der Waals surface area (Å²) < 4.78 is 0. The fraction of sp³-hybridized carbons (Fsp3) is 0.714. The molecule has 0 amide bonds. The molecule has 1 unspecified atom stereocenters. The van der Waals surface area contributed by atoms with Crippen LogP contribution in [0.4, 0.5) is 0 Å². The maximum Gasteiger partial charge on any atom is 0.0131 e. The molecular weight excluding hydrogens is 282 g/mol. The predicted molar refractivity (Wildman–Crippen MR) is 103 cm³/mol. The maximum atomic E-state index is 6.48. The number of rotatable bonds is 12. The van der Waals surface area contributed by atoms with Crippen molar-refractivity contribution in [3.63, 3.8) is 0 Å². The molecule has 0 bridgehead atoms. The van der Waals surface area contributed by atoms with Gasteiger partial charge in [-0.25, -0.2) is 0 Å². The second-order valence-electron chi connectivity index (χ2n) is 7.31. The fourth-order valence-corrected chi connectivity index (χ4v) is 3.12. The predicted octanol–water partition coefficient (Wildman–Crippen LogP) is 5.39. The van der Waals surface area contributed by atoms with Crippen molar-refractivity contribution in [2.75, 3.05) is 0 Å². The third-order valence-corrected chi connectivity index (χ3v) is 5.06. The van der Waals surface area contributed by atoms with Crippen molar-refractivity contribution < 1.29 is 5.48 Å². The van der Waals surface area contributed by atoms with Crippen LogP contribution in [-0.4, -0.2) is 11.5 Å². The summed E-state index contributed by atoms with van der Waals surface area (Å²) in [5.74, 6) is 0. The molecule has 0 aliphatic rings. The summed E-state index contributed by atoms with van der Waals surface area (Å²) in [5.41, 5.74) is 7.91. The molecular formula is C21H39NO. The van der Waals surface area contributed by atoms with Crippen LogP contribution in [0.3, 0.4) is 0 Å². The van der Waals surface area contributed by atoms with Crippen LogP contribution in [0.15, 0.2) is 30.3 Å². The molecule has 1 aromatic carbocycles. The Hall–Kier alpha value is -0.860. The first-order valence-corrected chi connectivity index (χ1v) is 9.40. The highest BCUT2D eigenvalue weighted by Gasteiger charge is 2.27. The Morgan fingerprint density at radius 3 is 1.83 bits per heavy atom. The third kappa shape index (κ3) is 8.53. The van der Waals surface area contributed by atoms with E-state index in [0.29, 0.717) is 0 Å². The second kappa shape index (κ2) is 12.5. The van der Waals surface area contributed by atoms with E-state index in [1.165, 1.54) is 63.4 Å². The summed E-state index contributed by atoms with van der Waals surface area (Å²) >= 11 is 0. The minimum Gasteiger partial charge on any atom is -0.412 e. The molecule has 0 heterocycles. The zero-order valence-electron chi connectivity index (χ0n) is 15.6. The summed E-state index contributed by atoms with van der Waals surface area (Å²) in [6.45, 7) is 6.83. The molecule has 1 rings (SSSR count). The molecule has 4 N–H and O–H groups in total. The first kappa shape index (κ1) is 22.1. The van der Waals surface area contributed by atoms with E-state index in [-0.39, 0.29) is 16.9 Å². The lowest BCUT2D eigenvalue weighted by molar-refractivity contribution is 0.375. The van der Waals surface area contributed by atoms with Crippen molar-refractivity contribution in [1.29, 1.82) is 0 Å². The van der Waals surface area contributed by atoms with Crippen molar-refractivity contribution in [1.82, 2.24) is 0 Å². The maximum absolute atomic E-state index is 6.48. The molecule has 0 aliphatic carbocycles. The molecule has 2 nitrogen and oxygen atoms in total. The van der Waals surface area contributed by atoms with Gasteiger partial charge in [0.25, 0.3) is 0 Å². The lowest BCUT2D eigenvalue weighted by Crippen LogP contribution is -2.40. The lowest BCUT2D eigenvalue weighted by Gasteiger charge is -2.32. The van der Waals surface area contributed by atoms with Gasteiger partial charge in [-0.3, -0.25) is 0 Å². The molecule has 23 heavy (non-hydrogen) atoms. The number of hydrogen-bond donors (Lipinski definition) is 1. The van der Waals surface area contributed by atoms with Crippen molar-refractivity contribution in [3.8, 4) is 0 Å². The standard InChI is InChI=1S/C21H37N.H2O/c1-4-5-6-7-8-9-10-11-15-18-20(22)21(2,3)19-16-13-12-14-17-19;/h12-14,16-17,20H,4-11,15,18,22H2,1-3H3;1H2. The van der Waals surface area contributed by atoms with Crippen molar-refractivity contribution >= 4 is 0 Å². The number of benzene rings is 1. The molecule has 0 radical (unpaired) electrons. The summed E-state index contributed by atoms with van der Waals surface area (Å²) in [4.78, 5) is 0. The first-order valence-electron chi connectivity index (χ1n) is 9.40. The van der Waals surface area contributed by atoms with E-state index in [4.69, 9.17) is 5.73 Å². The van der Waals surface area contributed by atoms with Crippen LogP contribution in [0.5, 0.6) is 0 Å². The van der Waals surface area contributed by atoms with Gasteiger partial charge in [-0.1, -0.05) is 109 Å². The van der Waals surface area contributed by atoms with Gasteiger partial charge < -0.3 is 11.2 Å². The average molecular weight is 322 g/mol. The largest absolute Gasteiger partial charge is 0.412 e. The highest BCUT2D eigenvalue weighted by molar-refractivity contribution is 5.25. The topological polar surface area (TPSA) is 57.5 Å². The molecule has 0 fully saturated rings. The number of nitrogens with two attached hydrogens (primary N) is 1. The normalized spacial score (nSPS) is 12.7. The summed E-state index contributed by atoms with van der Waals surface area (Å²) in [7, 11) is 0. The minimum absolute atomic E-state index is 0. The molecule has 1 atom stereocenters. The van der Waals surface area contributed by atoms with Crippen LogP contribution in [0, 0.1) is 0 Å². The van der Waals surface area contributed by atoms with Gasteiger partial charge in [0.05, 0.1) is 0 Å². The first-order chi connectivity index (χ1) is 10.6. The van der Waals surface area contributed by atoms with Crippen molar-refractivity contribution in [3.05, 3.63) is 35.9 Å².